The van der Waals surface area contributed by atoms with Gasteiger partial charge in [-0.1, -0.05) is 32.0 Å². The molecular weight excluding hydrogens is 220 g/mol. The second-order valence-corrected chi connectivity index (χ2v) is 6.14. The molecule has 0 bridgehead atoms. The van der Waals surface area contributed by atoms with Crippen LogP contribution in [-0.2, 0) is 6.54 Å². The molecular formula is C16H24N2. The van der Waals surface area contributed by atoms with Gasteiger partial charge in [0, 0.05) is 31.4 Å². The van der Waals surface area contributed by atoms with E-state index in [2.05, 4.69) is 48.3 Å². The normalized spacial score (nSPS) is 27.8. The number of nitrogens with zero attached hydrogens (tertiary/aromatic N) is 1. The monoisotopic (exact) mass is 244 g/mol. The van der Waals surface area contributed by atoms with Crippen molar-refractivity contribution in [1.82, 2.24) is 5.32 Å². The molecule has 1 aliphatic heterocycles. The summed E-state index contributed by atoms with van der Waals surface area (Å²) in [5.41, 5.74) is 2.91. The Hall–Kier alpha value is -1.02. The molecule has 1 aliphatic carbocycles. The Bertz CT molecular complexity index is 401. The molecule has 98 valence electrons. The summed E-state index contributed by atoms with van der Waals surface area (Å²) in [6, 6.07) is 9.68. The van der Waals surface area contributed by atoms with E-state index in [-0.39, 0.29) is 0 Å². The molecule has 2 heteroatoms. The van der Waals surface area contributed by atoms with Gasteiger partial charge in [-0.2, -0.15) is 0 Å². The number of hydrogen-bond acceptors (Lipinski definition) is 2. The van der Waals surface area contributed by atoms with E-state index in [0.29, 0.717) is 0 Å². The van der Waals surface area contributed by atoms with Gasteiger partial charge in [0.25, 0.3) is 0 Å². The highest BCUT2D eigenvalue weighted by Gasteiger charge is 2.27. The van der Waals surface area contributed by atoms with Crippen LogP contribution in [0.5, 0.6) is 0 Å². The van der Waals surface area contributed by atoms with Crippen molar-refractivity contribution in [2.75, 3.05) is 18.0 Å². The second-order valence-electron chi connectivity index (χ2n) is 6.14. The maximum Gasteiger partial charge on any atom is 0.0412 e. The maximum absolute atomic E-state index is 3.63. The highest BCUT2D eigenvalue weighted by atomic mass is 15.2. The molecule has 2 unspecified atom stereocenters. The van der Waals surface area contributed by atoms with Crippen LogP contribution in [0.3, 0.4) is 0 Å². The molecule has 2 fully saturated rings. The fraction of sp³-hybridized carbons (Fsp3) is 0.625. The van der Waals surface area contributed by atoms with E-state index in [1.54, 1.807) is 0 Å². The molecule has 1 aromatic rings. The molecule has 18 heavy (non-hydrogen) atoms. The van der Waals surface area contributed by atoms with Crippen molar-refractivity contribution in [3.63, 3.8) is 0 Å². The summed E-state index contributed by atoms with van der Waals surface area (Å²) in [6.07, 6.45) is 2.72. The zero-order chi connectivity index (χ0) is 12.5. The molecule has 2 nitrogen and oxygen atoms in total. The predicted octanol–water partition coefficient (Wildman–Crippen LogP) is 3.03. The third-order valence-electron chi connectivity index (χ3n) is 4.48. The lowest BCUT2D eigenvalue weighted by molar-refractivity contribution is 0.494. The van der Waals surface area contributed by atoms with Crippen LogP contribution in [0.4, 0.5) is 5.69 Å². The van der Waals surface area contributed by atoms with E-state index in [9.17, 15) is 0 Å². The van der Waals surface area contributed by atoms with Gasteiger partial charge in [0.2, 0.25) is 0 Å². The van der Waals surface area contributed by atoms with E-state index in [1.165, 1.54) is 37.2 Å². The molecule has 1 saturated heterocycles. The third kappa shape index (κ3) is 2.54. The van der Waals surface area contributed by atoms with Crippen molar-refractivity contribution in [2.45, 2.75) is 39.3 Å². The van der Waals surface area contributed by atoms with Crippen LogP contribution in [0.2, 0.25) is 0 Å². The van der Waals surface area contributed by atoms with Crippen LogP contribution in [0.25, 0.3) is 0 Å². The Labute approximate surface area is 110 Å². The molecule has 1 aromatic carbocycles. The molecule has 0 spiro atoms. The quantitative estimate of drug-likeness (QED) is 0.876. The van der Waals surface area contributed by atoms with Gasteiger partial charge in [-0.15, -0.1) is 0 Å². The average Bonchev–Trinajstić information content (AvgIpc) is 3.14. The zero-order valence-electron chi connectivity index (χ0n) is 11.5. The van der Waals surface area contributed by atoms with Gasteiger partial charge in [0.15, 0.2) is 0 Å². The van der Waals surface area contributed by atoms with E-state index < -0.39 is 0 Å². The van der Waals surface area contributed by atoms with Crippen LogP contribution < -0.4 is 10.2 Å². The van der Waals surface area contributed by atoms with Gasteiger partial charge in [-0.25, -0.2) is 0 Å². The van der Waals surface area contributed by atoms with Crippen molar-refractivity contribution in [1.29, 1.82) is 0 Å². The van der Waals surface area contributed by atoms with E-state index >= 15 is 0 Å². The topological polar surface area (TPSA) is 15.3 Å². The first kappa shape index (κ1) is 12.0. The average molecular weight is 244 g/mol. The highest BCUT2D eigenvalue weighted by Crippen LogP contribution is 2.30. The number of para-hydroxylation sites is 1. The van der Waals surface area contributed by atoms with Crippen molar-refractivity contribution >= 4 is 5.69 Å². The minimum Gasteiger partial charge on any atom is -0.371 e. The van der Waals surface area contributed by atoms with Crippen LogP contribution in [0.1, 0.15) is 32.3 Å². The molecule has 1 heterocycles. The minimum absolute atomic E-state index is 0.787. The number of benzene rings is 1. The Morgan fingerprint density at radius 1 is 1.11 bits per heavy atom. The van der Waals surface area contributed by atoms with Crippen molar-refractivity contribution < 1.29 is 0 Å². The Morgan fingerprint density at radius 3 is 2.44 bits per heavy atom. The predicted molar refractivity (Wildman–Crippen MR) is 76.8 cm³/mol. The summed E-state index contributed by atoms with van der Waals surface area (Å²) in [4.78, 5) is 2.57. The second kappa shape index (κ2) is 4.93. The standard InChI is InChI=1S/C16H24N2/c1-12-10-18(11-13(12)2)16-6-4-3-5-14(16)9-17-15-7-8-15/h3-6,12-13,15,17H,7-11H2,1-2H3. The summed E-state index contributed by atoms with van der Waals surface area (Å²) < 4.78 is 0. The summed E-state index contributed by atoms with van der Waals surface area (Å²) >= 11 is 0. The lowest BCUT2D eigenvalue weighted by Gasteiger charge is -2.22. The van der Waals surface area contributed by atoms with Crippen LogP contribution in [0, 0.1) is 11.8 Å². The van der Waals surface area contributed by atoms with Gasteiger partial charge < -0.3 is 10.2 Å². The van der Waals surface area contributed by atoms with Gasteiger partial charge in [0.05, 0.1) is 0 Å². The first-order valence-electron chi connectivity index (χ1n) is 7.30. The smallest absolute Gasteiger partial charge is 0.0412 e. The fourth-order valence-corrected chi connectivity index (χ4v) is 2.84. The van der Waals surface area contributed by atoms with Gasteiger partial charge in [-0.05, 0) is 36.3 Å². The van der Waals surface area contributed by atoms with Crippen molar-refractivity contribution in [3.8, 4) is 0 Å². The van der Waals surface area contributed by atoms with Gasteiger partial charge in [-0.3, -0.25) is 0 Å². The summed E-state index contributed by atoms with van der Waals surface area (Å²) in [7, 11) is 0. The van der Waals surface area contributed by atoms with Gasteiger partial charge in [0.1, 0.15) is 0 Å². The molecule has 2 aliphatic rings. The molecule has 2 atom stereocenters. The molecule has 0 amide bonds. The summed E-state index contributed by atoms with van der Waals surface area (Å²) in [6.45, 7) is 8.19. The Balaban J connectivity index is 1.73. The number of rotatable bonds is 4. The fourth-order valence-electron chi connectivity index (χ4n) is 2.84. The maximum atomic E-state index is 3.63. The lowest BCUT2D eigenvalue weighted by atomic mass is 10.0. The van der Waals surface area contributed by atoms with Crippen molar-refractivity contribution in [3.05, 3.63) is 29.8 Å². The number of nitrogens with one attached hydrogen (secondary N) is 1. The molecule has 1 N–H and O–H groups in total. The highest BCUT2D eigenvalue weighted by molar-refractivity contribution is 5.54. The molecule has 0 radical (unpaired) electrons. The van der Waals surface area contributed by atoms with E-state index in [4.69, 9.17) is 0 Å². The third-order valence-corrected chi connectivity index (χ3v) is 4.48. The van der Waals surface area contributed by atoms with E-state index in [0.717, 1.165) is 24.4 Å². The van der Waals surface area contributed by atoms with E-state index in [1.807, 2.05) is 0 Å². The SMILES string of the molecule is CC1CN(c2ccccc2CNC2CC2)CC1C. The van der Waals surface area contributed by atoms with Crippen molar-refractivity contribution in [2.24, 2.45) is 11.8 Å². The molecule has 3 rings (SSSR count). The Morgan fingerprint density at radius 2 is 1.78 bits per heavy atom. The van der Waals surface area contributed by atoms with Crippen LogP contribution >= 0.6 is 0 Å². The van der Waals surface area contributed by atoms with Crippen LogP contribution in [-0.4, -0.2) is 19.1 Å². The number of hydrogen-bond donors (Lipinski definition) is 1. The zero-order valence-corrected chi connectivity index (χ0v) is 11.5. The largest absolute Gasteiger partial charge is 0.371 e. The number of anilines is 1. The first-order valence-corrected chi connectivity index (χ1v) is 7.30. The minimum atomic E-state index is 0.787. The van der Waals surface area contributed by atoms with Crippen LogP contribution in [0.15, 0.2) is 24.3 Å². The Kier molecular flexibility index (Phi) is 3.29. The summed E-state index contributed by atoms with van der Waals surface area (Å²) in [5.74, 6) is 1.63. The molecule has 1 saturated carbocycles. The molecule has 0 aromatic heterocycles. The lowest BCUT2D eigenvalue weighted by Crippen LogP contribution is -2.23. The summed E-state index contributed by atoms with van der Waals surface area (Å²) in [5, 5.41) is 3.63. The first-order chi connectivity index (χ1) is 8.74. The van der Waals surface area contributed by atoms with Gasteiger partial charge >= 0.3 is 0 Å².